The Kier molecular flexibility index (Phi) is 4.68. The van der Waals surface area contributed by atoms with Crippen LogP contribution in [0.4, 0.5) is 0 Å². The minimum atomic E-state index is 0.133. The number of aromatic nitrogens is 2. The Balaban J connectivity index is 1.72. The first kappa shape index (κ1) is 14.3. The average Bonchev–Trinajstić information content (AvgIpc) is 2.95. The lowest BCUT2D eigenvalue weighted by atomic mass is 9.97. The molecule has 3 rings (SSSR count). The molecule has 21 heavy (non-hydrogen) atoms. The van der Waals surface area contributed by atoms with Crippen LogP contribution >= 0.6 is 0 Å². The quantitative estimate of drug-likeness (QED) is 0.829. The molecule has 1 aliphatic rings. The fourth-order valence-electron chi connectivity index (χ4n) is 2.86. The van der Waals surface area contributed by atoms with Gasteiger partial charge in [-0.2, -0.15) is 0 Å². The zero-order chi connectivity index (χ0) is 14.5. The molecule has 0 spiro atoms. The van der Waals surface area contributed by atoms with Crippen molar-refractivity contribution >= 4 is 0 Å². The van der Waals surface area contributed by atoms with E-state index in [1.54, 1.807) is 0 Å². The Morgan fingerprint density at radius 3 is 3.19 bits per heavy atom. The van der Waals surface area contributed by atoms with Gasteiger partial charge in [-0.1, -0.05) is 31.2 Å². The third-order valence-electron chi connectivity index (χ3n) is 3.97. The van der Waals surface area contributed by atoms with E-state index >= 15 is 0 Å². The zero-order valence-electron chi connectivity index (χ0n) is 12.6. The average molecular weight is 285 g/mol. The van der Waals surface area contributed by atoms with E-state index < -0.39 is 0 Å². The maximum absolute atomic E-state index is 5.99. The summed E-state index contributed by atoms with van der Waals surface area (Å²) in [5.41, 5.74) is 2.74. The van der Waals surface area contributed by atoms with Gasteiger partial charge in [-0.25, -0.2) is 4.98 Å². The number of imidazole rings is 1. The second-order valence-electron chi connectivity index (χ2n) is 5.48. The Hall–Kier alpha value is -1.65. The molecule has 1 unspecified atom stereocenters. The first-order valence-electron chi connectivity index (χ1n) is 7.78. The van der Waals surface area contributed by atoms with Crippen molar-refractivity contribution in [3.8, 4) is 0 Å². The van der Waals surface area contributed by atoms with Crippen molar-refractivity contribution in [2.45, 2.75) is 39.0 Å². The summed E-state index contributed by atoms with van der Waals surface area (Å²) in [6.45, 7) is 5.65. The second-order valence-corrected chi connectivity index (χ2v) is 5.48. The highest BCUT2D eigenvalue weighted by atomic mass is 16.5. The van der Waals surface area contributed by atoms with Gasteiger partial charge in [-0.15, -0.1) is 0 Å². The monoisotopic (exact) mass is 285 g/mol. The molecule has 1 N–H and O–H groups in total. The Labute approximate surface area is 126 Å². The molecule has 0 saturated heterocycles. The van der Waals surface area contributed by atoms with E-state index in [4.69, 9.17) is 4.74 Å². The van der Waals surface area contributed by atoms with E-state index in [1.807, 2.05) is 12.4 Å². The van der Waals surface area contributed by atoms with Crippen molar-refractivity contribution in [3.63, 3.8) is 0 Å². The fourth-order valence-corrected chi connectivity index (χ4v) is 2.86. The summed E-state index contributed by atoms with van der Waals surface area (Å²) in [4.78, 5) is 4.45. The number of benzene rings is 1. The van der Waals surface area contributed by atoms with Crippen LogP contribution in [-0.2, 0) is 24.2 Å². The van der Waals surface area contributed by atoms with Gasteiger partial charge >= 0.3 is 0 Å². The molecule has 4 heteroatoms. The molecule has 112 valence electrons. The third-order valence-corrected chi connectivity index (χ3v) is 3.97. The van der Waals surface area contributed by atoms with Crippen LogP contribution in [0.5, 0.6) is 0 Å². The molecule has 1 aliphatic heterocycles. The molecule has 0 aliphatic carbocycles. The van der Waals surface area contributed by atoms with Crippen LogP contribution in [0.2, 0.25) is 0 Å². The van der Waals surface area contributed by atoms with Gasteiger partial charge in [0.25, 0.3) is 0 Å². The number of rotatable bonds is 6. The van der Waals surface area contributed by atoms with Gasteiger partial charge in [0.2, 0.25) is 0 Å². The largest absolute Gasteiger partial charge is 0.371 e. The van der Waals surface area contributed by atoms with Crippen molar-refractivity contribution in [2.75, 3.05) is 13.2 Å². The molecule has 1 aromatic carbocycles. The lowest BCUT2D eigenvalue weighted by Crippen LogP contribution is -2.23. The number of hydrogen-bond donors (Lipinski definition) is 1. The van der Waals surface area contributed by atoms with E-state index in [-0.39, 0.29) is 6.10 Å². The number of nitrogens with one attached hydrogen (secondary N) is 1. The summed E-state index contributed by atoms with van der Waals surface area (Å²) in [5, 5.41) is 3.41. The van der Waals surface area contributed by atoms with Crippen molar-refractivity contribution in [1.29, 1.82) is 0 Å². The smallest absolute Gasteiger partial charge is 0.122 e. The zero-order valence-corrected chi connectivity index (χ0v) is 12.6. The van der Waals surface area contributed by atoms with Gasteiger partial charge < -0.3 is 14.6 Å². The highest BCUT2D eigenvalue weighted by molar-refractivity contribution is 5.30. The fraction of sp³-hybridized carbons (Fsp3) is 0.471. The highest BCUT2D eigenvalue weighted by Crippen LogP contribution is 2.28. The molecule has 4 nitrogen and oxygen atoms in total. The van der Waals surface area contributed by atoms with Crippen LogP contribution in [0.3, 0.4) is 0 Å². The van der Waals surface area contributed by atoms with Crippen molar-refractivity contribution < 1.29 is 4.74 Å². The van der Waals surface area contributed by atoms with Gasteiger partial charge in [-0.05, 0) is 30.5 Å². The maximum Gasteiger partial charge on any atom is 0.122 e. The standard InChI is InChI=1S/C17H23N3O/c1-2-8-18-12-17-19-9-10-20(17)13-16-15-6-4-3-5-14(15)7-11-21-16/h3-6,9-10,16,18H,2,7-8,11-13H2,1H3. The van der Waals surface area contributed by atoms with Crippen molar-refractivity contribution in [2.24, 2.45) is 0 Å². The summed E-state index contributed by atoms with van der Waals surface area (Å²) in [7, 11) is 0. The Bertz CT molecular complexity index is 579. The first-order valence-corrected chi connectivity index (χ1v) is 7.78. The minimum absolute atomic E-state index is 0.133. The van der Waals surface area contributed by atoms with E-state index in [9.17, 15) is 0 Å². The topological polar surface area (TPSA) is 39.1 Å². The van der Waals surface area contributed by atoms with Crippen LogP contribution in [0.1, 0.15) is 36.4 Å². The molecule has 0 bridgehead atoms. The lowest BCUT2D eigenvalue weighted by Gasteiger charge is -2.26. The predicted octanol–water partition coefficient (Wildman–Crippen LogP) is 2.70. The van der Waals surface area contributed by atoms with Crippen molar-refractivity contribution in [1.82, 2.24) is 14.9 Å². The molecular weight excluding hydrogens is 262 g/mol. The number of ether oxygens (including phenoxy) is 1. The van der Waals surface area contributed by atoms with Crippen LogP contribution < -0.4 is 5.32 Å². The van der Waals surface area contributed by atoms with E-state index in [0.29, 0.717) is 0 Å². The normalized spacial score (nSPS) is 17.7. The summed E-state index contributed by atoms with van der Waals surface area (Å²) in [6.07, 6.45) is 6.21. The van der Waals surface area contributed by atoms with Crippen LogP contribution in [0.15, 0.2) is 36.7 Å². The second kappa shape index (κ2) is 6.87. The molecule has 0 radical (unpaired) electrons. The molecule has 2 aromatic rings. The Morgan fingerprint density at radius 1 is 1.38 bits per heavy atom. The van der Waals surface area contributed by atoms with Crippen LogP contribution in [0, 0.1) is 0 Å². The van der Waals surface area contributed by atoms with E-state index in [2.05, 4.69) is 46.1 Å². The van der Waals surface area contributed by atoms with E-state index in [1.165, 1.54) is 11.1 Å². The van der Waals surface area contributed by atoms with Gasteiger partial charge in [0.05, 0.1) is 19.7 Å². The number of hydrogen-bond acceptors (Lipinski definition) is 3. The molecule has 0 amide bonds. The SMILES string of the molecule is CCCNCc1nccn1CC1OCCc2ccccc21. The van der Waals surface area contributed by atoms with Gasteiger partial charge in [0, 0.05) is 12.4 Å². The predicted molar refractivity (Wildman–Crippen MR) is 83.1 cm³/mol. The number of fused-ring (bicyclic) bond motifs is 1. The minimum Gasteiger partial charge on any atom is -0.371 e. The summed E-state index contributed by atoms with van der Waals surface area (Å²) >= 11 is 0. The van der Waals surface area contributed by atoms with Gasteiger partial charge in [0.1, 0.15) is 11.9 Å². The lowest BCUT2D eigenvalue weighted by molar-refractivity contribution is 0.0300. The van der Waals surface area contributed by atoms with Crippen LogP contribution in [0.25, 0.3) is 0 Å². The Morgan fingerprint density at radius 2 is 2.29 bits per heavy atom. The number of nitrogens with zero attached hydrogens (tertiary/aromatic N) is 2. The van der Waals surface area contributed by atoms with E-state index in [0.717, 1.165) is 44.9 Å². The third kappa shape index (κ3) is 3.34. The molecular formula is C17H23N3O. The molecule has 2 heterocycles. The molecule has 1 aromatic heterocycles. The summed E-state index contributed by atoms with van der Waals surface area (Å²) < 4.78 is 8.19. The summed E-state index contributed by atoms with van der Waals surface area (Å²) in [5.74, 6) is 1.08. The summed E-state index contributed by atoms with van der Waals surface area (Å²) in [6, 6.07) is 8.60. The molecule has 0 saturated carbocycles. The highest BCUT2D eigenvalue weighted by Gasteiger charge is 2.21. The van der Waals surface area contributed by atoms with Gasteiger partial charge in [0.15, 0.2) is 0 Å². The molecule has 0 fully saturated rings. The van der Waals surface area contributed by atoms with Crippen molar-refractivity contribution in [3.05, 3.63) is 53.6 Å². The van der Waals surface area contributed by atoms with Crippen LogP contribution in [-0.4, -0.2) is 22.7 Å². The first-order chi connectivity index (χ1) is 10.4. The molecule has 1 atom stereocenters. The maximum atomic E-state index is 5.99. The van der Waals surface area contributed by atoms with Gasteiger partial charge in [-0.3, -0.25) is 0 Å².